The number of nitrogens with zero attached hydrogens (tertiary/aromatic N) is 1. The quantitative estimate of drug-likeness (QED) is 0.372. The van der Waals surface area contributed by atoms with Crippen LogP contribution >= 0.6 is 35.0 Å². The maximum atomic E-state index is 12.9. The molecule has 4 rings (SSSR count). The largest absolute Gasteiger partial charge is 0.488 e. The molecule has 1 heterocycles. The fraction of sp³-hybridized carbons (Fsp3) is 0.0833. The van der Waals surface area contributed by atoms with Crippen molar-refractivity contribution in [2.45, 2.75) is 13.2 Å². The minimum absolute atomic E-state index is 0.202. The van der Waals surface area contributed by atoms with E-state index >= 15 is 0 Å². The van der Waals surface area contributed by atoms with Crippen molar-refractivity contribution in [2.75, 3.05) is 0 Å². The van der Waals surface area contributed by atoms with Crippen molar-refractivity contribution in [3.8, 4) is 5.75 Å². The van der Waals surface area contributed by atoms with Gasteiger partial charge >= 0.3 is 0 Å². The van der Waals surface area contributed by atoms with Crippen LogP contribution in [0.4, 0.5) is 4.79 Å². The predicted octanol–water partition coefficient (Wildman–Crippen LogP) is 6.81. The van der Waals surface area contributed by atoms with Crippen molar-refractivity contribution in [2.24, 2.45) is 0 Å². The molecule has 7 heteroatoms. The Morgan fingerprint density at radius 1 is 0.839 bits per heavy atom. The Bertz CT molecular complexity index is 1140. The second-order valence-electron chi connectivity index (χ2n) is 6.85. The maximum Gasteiger partial charge on any atom is 0.293 e. The summed E-state index contributed by atoms with van der Waals surface area (Å²) < 4.78 is 5.95. The Morgan fingerprint density at radius 3 is 2.13 bits per heavy atom. The summed E-state index contributed by atoms with van der Waals surface area (Å²) in [6.07, 6.45) is 1.70. The van der Waals surface area contributed by atoms with Crippen molar-refractivity contribution >= 4 is 52.2 Å². The van der Waals surface area contributed by atoms with Crippen LogP contribution in [0, 0.1) is 0 Å². The number of carbonyl (C=O) groups is 2. The lowest BCUT2D eigenvalue weighted by atomic mass is 10.1. The van der Waals surface area contributed by atoms with Crippen molar-refractivity contribution in [1.82, 2.24) is 4.90 Å². The van der Waals surface area contributed by atoms with Crippen LogP contribution in [0.25, 0.3) is 6.08 Å². The molecule has 0 N–H and O–H groups in total. The monoisotopic (exact) mass is 469 g/mol. The fourth-order valence-corrected chi connectivity index (χ4v) is 4.10. The van der Waals surface area contributed by atoms with E-state index < -0.39 is 0 Å². The Hall–Kier alpha value is -2.73. The van der Waals surface area contributed by atoms with Gasteiger partial charge in [0.15, 0.2) is 0 Å². The molecule has 0 spiro atoms. The molecule has 156 valence electrons. The molecule has 0 unspecified atom stereocenters. The summed E-state index contributed by atoms with van der Waals surface area (Å²) in [6.45, 7) is 0.563. The Balaban J connectivity index is 1.50. The zero-order chi connectivity index (χ0) is 21.8. The summed E-state index contributed by atoms with van der Waals surface area (Å²) >= 11 is 12.8. The number of carbonyl (C=O) groups excluding carboxylic acids is 2. The first-order valence-electron chi connectivity index (χ1n) is 9.46. The molecule has 3 aromatic rings. The van der Waals surface area contributed by atoms with Crippen molar-refractivity contribution in [1.29, 1.82) is 0 Å². The number of imide groups is 1. The van der Waals surface area contributed by atoms with Gasteiger partial charge in [0.1, 0.15) is 12.4 Å². The van der Waals surface area contributed by atoms with Crippen molar-refractivity contribution in [3.63, 3.8) is 0 Å². The van der Waals surface area contributed by atoms with Gasteiger partial charge in [0.25, 0.3) is 11.1 Å². The summed E-state index contributed by atoms with van der Waals surface area (Å²) in [5.41, 5.74) is 2.54. The van der Waals surface area contributed by atoms with Crippen LogP contribution in [0.3, 0.4) is 0 Å². The molecular weight excluding hydrogens is 453 g/mol. The molecule has 4 nitrogen and oxygen atoms in total. The summed E-state index contributed by atoms with van der Waals surface area (Å²) in [7, 11) is 0. The van der Waals surface area contributed by atoms with Gasteiger partial charge in [0, 0.05) is 15.6 Å². The highest BCUT2D eigenvalue weighted by atomic mass is 35.5. The van der Waals surface area contributed by atoms with E-state index in [1.54, 1.807) is 30.3 Å². The molecule has 1 fully saturated rings. The molecule has 1 saturated heterocycles. The van der Waals surface area contributed by atoms with Gasteiger partial charge in [-0.3, -0.25) is 14.5 Å². The molecule has 0 aromatic heterocycles. The van der Waals surface area contributed by atoms with E-state index in [0.29, 0.717) is 27.3 Å². The van der Waals surface area contributed by atoms with Crippen molar-refractivity contribution in [3.05, 3.63) is 104 Å². The topological polar surface area (TPSA) is 46.6 Å². The van der Waals surface area contributed by atoms with Crippen LogP contribution in [0.5, 0.6) is 5.75 Å². The lowest BCUT2D eigenvalue weighted by Crippen LogP contribution is -2.27. The minimum atomic E-state index is -0.322. The summed E-state index contributed by atoms with van der Waals surface area (Å²) in [5.74, 6) is 0.305. The van der Waals surface area contributed by atoms with Gasteiger partial charge in [-0.15, -0.1) is 0 Å². The number of ether oxygens (including phenoxy) is 1. The van der Waals surface area contributed by atoms with Crippen LogP contribution in [-0.4, -0.2) is 16.0 Å². The average molecular weight is 470 g/mol. The number of halogens is 2. The maximum absolute atomic E-state index is 12.9. The van der Waals surface area contributed by atoms with Gasteiger partial charge in [-0.25, -0.2) is 0 Å². The molecule has 2 amide bonds. The Labute approximate surface area is 194 Å². The van der Waals surface area contributed by atoms with E-state index in [1.165, 1.54) is 4.90 Å². The molecule has 3 aromatic carbocycles. The second-order valence-corrected chi connectivity index (χ2v) is 8.71. The molecule has 0 atom stereocenters. The molecular formula is C24H17Cl2NO3S. The number of thioether (sulfide) groups is 1. The van der Waals surface area contributed by atoms with Gasteiger partial charge in [0.05, 0.1) is 11.4 Å². The van der Waals surface area contributed by atoms with Crippen molar-refractivity contribution < 1.29 is 14.3 Å². The third-order valence-corrected chi connectivity index (χ3v) is 6.05. The summed E-state index contributed by atoms with van der Waals surface area (Å²) in [6, 6.07) is 21.9. The van der Waals surface area contributed by atoms with E-state index in [1.807, 2.05) is 48.5 Å². The van der Waals surface area contributed by atoms with Gasteiger partial charge in [-0.05, 0) is 59.3 Å². The first-order chi connectivity index (χ1) is 15.0. The number of amides is 2. The minimum Gasteiger partial charge on any atom is -0.488 e. The molecule has 1 aliphatic rings. The number of benzene rings is 3. The molecule has 31 heavy (non-hydrogen) atoms. The SMILES string of the molecule is O=C1S/C(=C\c2ccccc2OCc2ccc(Cl)cc2)C(=O)N1Cc1ccc(Cl)cc1. The standard InChI is InChI=1S/C24H17Cl2NO3S/c25-19-9-5-16(6-10-19)14-27-23(28)22(31-24(27)29)13-18-3-1-2-4-21(18)30-15-17-7-11-20(26)12-8-17/h1-13H,14-15H2/b22-13-. The Morgan fingerprint density at radius 2 is 1.45 bits per heavy atom. The lowest BCUT2D eigenvalue weighted by molar-refractivity contribution is -0.123. The van der Waals surface area contributed by atoms with Gasteiger partial charge < -0.3 is 4.74 Å². The number of hydrogen-bond donors (Lipinski definition) is 0. The van der Waals surface area contributed by atoms with E-state index in [4.69, 9.17) is 27.9 Å². The fourth-order valence-electron chi connectivity index (χ4n) is 3.02. The zero-order valence-electron chi connectivity index (χ0n) is 16.3. The molecule has 0 aliphatic carbocycles. The van der Waals surface area contributed by atoms with Crippen LogP contribution in [0.1, 0.15) is 16.7 Å². The van der Waals surface area contributed by atoms with Gasteiger partial charge in [0.2, 0.25) is 0 Å². The molecule has 0 radical (unpaired) electrons. The van der Waals surface area contributed by atoms with Crippen LogP contribution in [0.2, 0.25) is 10.0 Å². The van der Waals surface area contributed by atoms with Crippen LogP contribution < -0.4 is 4.74 Å². The Kier molecular flexibility index (Phi) is 6.66. The van der Waals surface area contributed by atoms with Crippen LogP contribution in [-0.2, 0) is 17.9 Å². The lowest BCUT2D eigenvalue weighted by Gasteiger charge is -2.12. The van der Waals surface area contributed by atoms with Gasteiger partial charge in [-0.1, -0.05) is 65.7 Å². The molecule has 1 aliphatic heterocycles. The normalized spacial score (nSPS) is 15.0. The van der Waals surface area contributed by atoms with E-state index in [-0.39, 0.29) is 17.7 Å². The number of para-hydroxylation sites is 1. The molecule has 0 bridgehead atoms. The van der Waals surface area contributed by atoms with Crippen LogP contribution in [0.15, 0.2) is 77.7 Å². The first-order valence-corrected chi connectivity index (χ1v) is 11.0. The average Bonchev–Trinajstić information content (AvgIpc) is 3.03. The van der Waals surface area contributed by atoms with Gasteiger partial charge in [-0.2, -0.15) is 0 Å². The third kappa shape index (κ3) is 5.31. The highest BCUT2D eigenvalue weighted by molar-refractivity contribution is 8.18. The highest BCUT2D eigenvalue weighted by Crippen LogP contribution is 2.35. The summed E-state index contributed by atoms with van der Waals surface area (Å²) in [5, 5.41) is 0.970. The first kappa shape index (κ1) is 21.5. The van der Waals surface area contributed by atoms with E-state index in [2.05, 4.69) is 0 Å². The van der Waals surface area contributed by atoms with E-state index in [0.717, 1.165) is 28.5 Å². The smallest absolute Gasteiger partial charge is 0.293 e. The highest BCUT2D eigenvalue weighted by Gasteiger charge is 2.35. The number of hydrogen-bond acceptors (Lipinski definition) is 4. The predicted molar refractivity (Wildman–Crippen MR) is 125 cm³/mol. The molecule has 0 saturated carbocycles. The number of rotatable bonds is 6. The van der Waals surface area contributed by atoms with E-state index in [9.17, 15) is 9.59 Å². The third-order valence-electron chi connectivity index (χ3n) is 4.64. The zero-order valence-corrected chi connectivity index (χ0v) is 18.6. The second kappa shape index (κ2) is 9.60. The summed E-state index contributed by atoms with van der Waals surface area (Å²) in [4.78, 5) is 26.9.